The van der Waals surface area contributed by atoms with Gasteiger partial charge in [0, 0.05) is 36.4 Å². The van der Waals surface area contributed by atoms with Gasteiger partial charge in [-0.3, -0.25) is 4.90 Å². The first-order chi connectivity index (χ1) is 9.83. The minimum absolute atomic E-state index is 0.748. The Morgan fingerprint density at radius 3 is 2.85 bits per heavy atom. The van der Waals surface area contributed by atoms with E-state index in [9.17, 15) is 0 Å². The highest BCUT2D eigenvalue weighted by atomic mass is 15.3. The van der Waals surface area contributed by atoms with Crippen molar-refractivity contribution in [1.29, 1.82) is 0 Å². The van der Waals surface area contributed by atoms with Crippen LogP contribution in [0.25, 0.3) is 0 Å². The molecule has 2 fully saturated rings. The lowest BCUT2D eigenvalue weighted by Gasteiger charge is -2.50. The Bertz CT molecular complexity index is 495. The van der Waals surface area contributed by atoms with Crippen molar-refractivity contribution in [2.45, 2.75) is 57.5 Å². The predicted molar refractivity (Wildman–Crippen MR) is 80.1 cm³/mol. The molecule has 2 saturated heterocycles. The molecule has 20 heavy (non-hydrogen) atoms. The highest BCUT2D eigenvalue weighted by molar-refractivity contribution is 5.52. The number of aromatic nitrogens is 2. The molecule has 0 radical (unpaired) electrons. The molecule has 4 heteroatoms. The van der Waals surface area contributed by atoms with Crippen LogP contribution in [-0.2, 0) is 12.8 Å². The third-order valence-corrected chi connectivity index (χ3v) is 5.34. The topological polar surface area (TPSA) is 32.3 Å². The second-order valence-electron chi connectivity index (χ2n) is 6.62. The van der Waals surface area contributed by atoms with E-state index in [2.05, 4.69) is 26.7 Å². The zero-order valence-corrected chi connectivity index (χ0v) is 12.4. The van der Waals surface area contributed by atoms with Gasteiger partial charge in [0.1, 0.15) is 12.1 Å². The molecule has 4 rings (SSSR count). The van der Waals surface area contributed by atoms with Gasteiger partial charge >= 0.3 is 0 Å². The number of aryl methyl sites for hydroxylation is 1. The highest BCUT2D eigenvalue weighted by Crippen LogP contribution is 2.32. The molecular weight excluding hydrogens is 248 g/mol. The molecule has 0 spiro atoms. The van der Waals surface area contributed by atoms with Crippen molar-refractivity contribution in [3.8, 4) is 0 Å². The van der Waals surface area contributed by atoms with Gasteiger partial charge in [0.15, 0.2) is 0 Å². The maximum Gasteiger partial charge on any atom is 0.135 e. The Kier molecular flexibility index (Phi) is 3.14. The average Bonchev–Trinajstić information content (AvgIpc) is 2.88. The van der Waals surface area contributed by atoms with Gasteiger partial charge in [-0.05, 0) is 45.6 Å². The molecule has 0 saturated carbocycles. The summed E-state index contributed by atoms with van der Waals surface area (Å²) >= 11 is 0. The van der Waals surface area contributed by atoms with E-state index in [1.807, 2.05) is 0 Å². The number of hydrogen-bond donors (Lipinski definition) is 0. The van der Waals surface area contributed by atoms with E-state index in [0.29, 0.717) is 0 Å². The SMILES string of the molecule is C[C@H]1CCCCN1C1CN(c2ncnc3c2CCC3)C1. The van der Waals surface area contributed by atoms with Gasteiger partial charge in [-0.15, -0.1) is 0 Å². The summed E-state index contributed by atoms with van der Waals surface area (Å²) in [7, 11) is 0. The minimum Gasteiger partial charge on any atom is -0.353 e. The van der Waals surface area contributed by atoms with Crippen LogP contribution >= 0.6 is 0 Å². The van der Waals surface area contributed by atoms with Gasteiger partial charge in [0.05, 0.1) is 0 Å². The molecule has 0 amide bonds. The lowest BCUT2D eigenvalue weighted by atomic mass is 9.97. The summed E-state index contributed by atoms with van der Waals surface area (Å²) < 4.78 is 0. The first-order valence-electron chi connectivity index (χ1n) is 8.16. The third kappa shape index (κ3) is 2.01. The third-order valence-electron chi connectivity index (χ3n) is 5.34. The van der Waals surface area contributed by atoms with Crippen molar-refractivity contribution in [1.82, 2.24) is 14.9 Å². The van der Waals surface area contributed by atoms with Gasteiger partial charge in [-0.25, -0.2) is 9.97 Å². The zero-order valence-electron chi connectivity index (χ0n) is 12.4. The zero-order chi connectivity index (χ0) is 13.5. The van der Waals surface area contributed by atoms with Crippen LogP contribution in [0.2, 0.25) is 0 Å². The van der Waals surface area contributed by atoms with Crippen molar-refractivity contribution in [2.75, 3.05) is 24.5 Å². The number of likely N-dealkylation sites (tertiary alicyclic amines) is 1. The fraction of sp³-hybridized carbons (Fsp3) is 0.750. The highest BCUT2D eigenvalue weighted by Gasteiger charge is 2.37. The number of nitrogens with zero attached hydrogens (tertiary/aromatic N) is 4. The maximum atomic E-state index is 4.57. The van der Waals surface area contributed by atoms with Gasteiger partial charge in [0.2, 0.25) is 0 Å². The first-order valence-corrected chi connectivity index (χ1v) is 8.16. The summed E-state index contributed by atoms with van der Waals surface area (Å²) in [5, 5.41) is 0. The molecular formula is C16H24N4. The van der Waals surface area contributed by atoms with E-state index in [4.69, 9.17) is 0 Å². The lowest BCUT2D eigenvalue weighted by molar-refractivity contribution is 0.0872. The smallest absolute Gasteiger partial charge is 0.135 e. The molecule has 108 valence electrons. The molecule has 3 heterocycles. The number of anilines is 1. The maximum absolute atomic E-state index is 4.57. The van der Waals surface area contributed by atoms with E-state index in [1.165, 1.54) is 55.7 Å². The molecule has 0 aromatic carbocycles. The summed E-state index contributed by atoms with van der Waals surface area (Å²) in [4.78, 5) is 14.2. The minimum atomic E-state index is 0.748. The summed E-state index contributed by atoms with van der Waals surface area (Å²) in [6, 6.07) is 1.52. The van der Waals surface area contributed by atoms with Gasteiger partial charge < -0.3 is 4.90 Å². The van der Waals surface area contributed by atoms with Crippen LogP contribution in [0.15, 0.2) is 6.33 Å². The molecule has 1 aromatic rings. The normalized spacial score (nSPS) is 27.4. The monoisotopic (exact) mass is 272 g/mol. The second-order valence-corrected chi connectivity index (χ2v) is 6.62. The molecule has 1 atom stereocenters. The standard InChI is InChI=1S/C16H24N4/c1-12-5-2-3-8-20(12)13-9-19(10-13)16-14-6-4-7-15(14)17-11-18-16/h11-13H,2-10H2,1H3/t12-/m0/s1. The fourth-order valence-electron chi connectivity index (χ4n) is 4.12. The van der Waals surface area contributed by atoms with Crippen LogP contribution in [-0.4, -0.2) is 46.6 Å². The van der Waals surface area contributed by atoms with E-state index in [-0.39, 0.29) is 0 Å². The van der Waals surface area contributed by atoms with Gasteiger partial charge in [-0.1, -0.05) is 6.42 Å². The van der Waals surface area contributed by atoms with E-state index in [0.717, 1.165) is 31.6 Å². The summed E-state index contributed by atoms with van der Waals surface area (Å²) in [5.74, 6) is 1.23. The molecule has 0 N–H and O–H groups in total. The second kappa shape index (κ2) is 4.99. The first kappa shape index (κ1) is 12.6. The number of rotatable bonds is 2. The molecule has 3 aliphatic rings. The number of fused-ring (bicyclic) bond motifs is 1. The van der Waals surface area contributed by atoms with Crippen LogP contribution in [0.5, 0.6) is 0 Å². The molecule has 1 aromatic heterocycles. The predicted octanol–water partition coefficient (Wildman–Crippen LogP) is 2.03. The van der Waals surface area contributed by atoms with Gasteiger partial charge in [0.25, 0.3) is 0 Å². The van der Waals surface area contributed by atoms with Crippen LogP contribution in [0, 0.1) is 0 Å². The molecule has 0 bridgehead atoms. The van der Waals surface area contributed by atoms with E-state index in [1.54, 1.807) is 6.33 Å². The van der Waals surface area contributed by atoms with E-state index >= 15 is 0 Å². The van der Waals surface area contributed by atoms with Gasteiger partial charge in [-0.2, -0.15) is 0 Å². The summed E-state index contributed by atoms with van der Waals surface area (Å²) in [6.45, 7) is 6.01. The summed E-state index contributed by atoms with van der Waals surface area (Å²) in [5.41, 5.74) is 2.72. The number of hydrogen-bond acceptors (Lipinski definition) is 4. The molecule has 0 unspecified atom stereocenters. The van der Waals surface area contributed by atoms with Crippen LogP contribution in [0.1, 0.15) is 43.9 Å². The Morgan fingerprint density at radius 2 is 2.00 bits per heavy atom. The Hall–Kier alpha value is -1.16. The number of piperidine rings is 1. The Balaban J connectivity index is 1.45. The average molecular weight is 272 g/mol. The molecule has 4 nitrogen and oxygen atoms in total. The van der Waals surface area contributed by atoms with Crippen molar-refractivity contribution in [3.63, 3.8) is 0 Å². The molecule has 1 aliphatic carbocycles. The lowest BCUT2D eigenvalue weighted by Crippen LogP contribution is -2.62. The summed E-state index contributed by atoms with van der Waals surface area (Å²) in [6.07, 6.45) is 9.49. The molecule has 2 aliphatic heterocycles. The van der Waals surface area contributed by atoms with Crippen molar-refractivity contribution in [2.24, 2.45) is 0 Å². The van der Waals surface area contributed by atoms with Crippen LogP contribution in [0.3, 0.4) is 0 Å². The van der Waals surface area contributed by atoms with Crippen molar-refractivity contribution in [3.05, 3.63) is 17.6 Å². The largest absolute Gasteiger partial charge is 0.353 e. The van der Waals surface area contributed by atoms with E-state index < -0.39 is 0 Å². The Labute approximate surface area is 121 Å². The van der Waals surface area contributed by atoms with Crippen molar-refractivity contribution < 1.29 is 0 Å². The fourth-order valence-corrected chi connectivity index (χ4v) is 4.12. The van der Waals surface area contributed by atoms with Crippen LogP contribution < -0.4 is 4.90 Å². The van der Waals surface area contributed by atoms with Crippen LogP contribution in [0.4, 0.5) is 5.82 Å². The quantitative estimate of drug-likeness (QED) is 0.824. The van der Waals surface area contributed by atoms with Crippen molar-refractivity contribution >= 4 is 5.82 Å². The Morgan fingerprint density at radius 1 is 1.10 bits per heavy atom.